The molecule has 2 saturated carbocycles. The van der Waals surface area contributed by atoms with Gasteiger partial charge in [-0.2, -0.15) is 0 Å². The van der Waals surface area contributed by atoms with Crippen molar-refractivity contribution in [3.8, 4) is 0 Å². The van der Waals surface area contributed by atoms with Gasteiger partial charge in [-0.15, -0.1) is 0 Å². The minimum atomic E-state index is -0.518. The predicted octanol–water partition coefficient (Wildman–Crippen LogP) is 2.07. The third-order valence-corrected chi connectivity index (χ3v) is 3.75. The summed E-state index contributed by atoms with van der Waals surface area (Å²) in [5.41, 5.74) is 5.89. The van der Waals surface area contributed by atoms with Gasteiger partial charge < -0.3 is 10.6 Å². The number of hydrogen-bond donors (Lipinski definition) is 1. The molecule has 5 heteroatoms. The zero-order valence-electron chi connectivity index (χ0n) is 10.8. The fraction of sp³-hybridized carbons (Fsp3) is 0.571. The van der Waals surface area contributed by atoms with Crippen molar-refractivity contribution in [2.75, 3.05) is 18.8 Å². The molecule has 0 atom stereocenters. The fourth-order valence-electron chi connectivity index (χ4n) is 2.26. The molecule has 0 aliphatic heterocycles. The van der Waals surface area contributed by atoms with Gasteiger partial charge >= 0.3 is 0 Å². The largest absolute Gasteiger partial charge is 0.383 e. The molecule has 4 nitrogen and oxygen atoms in total. The van der Waals surface area contributed by atoms with E-state index >= 15 is 0 Å². The normalized spacial score (nSPS) is 18.4. The minimum Gasteiger partial charge on any atom is -0.383 e. The average molecular weight is 263 g/mol. The molecule has 1 aromatic heterocycles. The molecule has 2 N–H and O–H groups in total. The van der Waals surface area contributed by atoms with Gasteiger partial charge in [-0.3, -0.25) is 4.79 Å². The molecule has 1 amide bonds. The molecule has 2 aliphatic rings. The number of rotatable bonds is 5. The Hall–Kier alpha value is -1.65. The van der Waals surface area contributed by atoms with Crippen molar-refractivity contribution >= 4 is 11.7 Å². The Morgan fingerprint density at radius 2 is 1.89 bits per heavy atom. The van der Waals surface area contributed by atoms with Crippen LogP contribution in [0, 0.1) is 17.7 Å². The van der Waals surface area contributed by atoms with E-state index in [2.05, 4.69) is 4.98 Å². The molecule has 1 heterocycles. The van der Waals surface area contributed by atoms with Gasteiger partial charge in [0.1, 0.15) is 11.6 Å². The van der Waals surface area contributed by atoms with Crippen LogP contribution in [0.1, 0.15) is 36.0 Å². The Balaban J connectivity index is 1.78. The summed E-state index contributed by atoms with van der Waals surface area (Å²) in [6.45, 7) is 1.54. The van der Waals surface area contributed by atoms with Gasteiger partial charge in [-0.05, 0) is 43.6 Å². The van der Waals surface area contributed by atoms with E-state index < -0.39 is 5.82 Å². The van der Waals surface area contributed by atoms with Gasteiger partial charge in [0.2, 0.25) is 0 Å². The number of nitrogen functional groups attached to an aromatic ring is 1. The Bertz CT molecular complexity index is 483. The molecular formula is C14H18FN3O. The first kappa shape index (κ1) is 12.4. The summed E-state index contributed by atoms with van der Waals surface area (Å²) in [7, 11) is 0. The Morgan fingerprint density at radius 3 is 2.42 bits per heavy atom. The molecule has 102 valence electrons. The summed E-state index contributed by atoms with van der Waals surface area (Å²) < 4.78 is 13.2. The molecular weight excluding hydrogens is 245 g/mol. The molecule has 0 unspecified atom stereocenters. The Morgan fingerprint density at radius 1 is 1.32 bits per heavy atom. The van der Waals surface area contributed by atoms with Gasteiger partial charge in [-0.1, -0.05) is 0 Å². The molecule has 0 aromatic carbocycles. The molecule has 0 radical (unpaired) electrons. The Kier molecular flexibility index (Phi) is 3.12. The number of nitrogens with zero attached hydrogens (tertiary/aromatic N) is 2. The highest BCUT2D eigenvalue weighted by Crippen LogP contribution is 2.34. The van der Waals surface area contributed by atoms with Crippen molar-refractivity contribution in [1.82, 2.24) is 9.88 Å². The van der Waals surface area contributed by atoms with E-state index in [1.54, 1.807) is 0 Å². The van der Waals surface area contributed by atoms with E-state index in [4.69, 9.17) is 5.73 Å². The minimum absolute atomic E-state index is 0.114. The quantitative estimate of drug-likeness (QED) is 0.884. The average Bonchev–Trinajstić information content (AvgIpc) is 3.25. The summed E-state index contributed by atoms with van der Waals surface area (Å²) in [6.07, 6.45) is 5.78. The van der Waals surface area contributed by atoms with E-state index in [1.165, 1.54) is 31.7 Å². The maximum atomic E-state index is 13.2. The lowest BCUT2D eigenvalue weighted by atomic mass is 10.2. The third-order valence-electron chi connectivity index (χ3n) is 3.75. The first-order valence-electron chi connectivity index (χ1n) is 6.84. The van der Waals surface area contributed by atoms with E-state index in [9.17, 15) is 9.18 Å². The zero-order valence-corrected chi connectivity index (χ0v) is 10.8. The van der Waals surface area contributed by atoms with E-state index in [-0.39, 0.29) is 17.3 Å². The van der Waals surface area contributed by atoms with Crippen molar-refractivity contribution in [2.45, 2.75) is 25.7 Å². The van der Waals surface area contributed by atoms with Crippen molar-refractivity contribution in [2.24, 2.45) is 11.8 Å². The second-order valence-corrected chi connectivity index (χ2v) is 5.68. The van der Waals surface area contributed by atoms with Crippen molar-refractivity contribution in [3.05, 3.63) is 23.6 Å². The lowest BCUT2D eigenvalue weighted by molar-refractivity contribution is 0.0740. The monoisotopic (exact) mass is 263 g/mol. The number of aromatic nitrogens is 1. The van der Waals surface area contributed by atoms with Crippen LogP contribution < -0.4 is 5.73 Å². The number of anilines is 1. The van der Waals surface area contributed by atoms with E-state index in [1.807, 2.05) is 4.90 Å². The fourth-order valence-corrected chi connectivity index (χ4v) is 2.26. The Labute approximate surface area is 111 Å². The van der Waals surface area contributed by atoms with Crippen LogP contribution in [0.5, 0.6) is 0 Å². The highest BCUT2D eigenvalue weighted by atomic mass is 19.1. The van der Waals surface area contributed by atoms with E-state index in [0.717, 1.165) is 19.3 Å². The molecule has 1 aromatic rings. The summed E-state index contributed by atoms with van der Waals surface area (Å²) in [5.74, 6) is 0.650. The number of carbonyl (C=O) groups excluding carboxylic acids is 1. The first-order chi connectivity index (χ1) is 9.13. The summed E-state index contributed by atoms with van der Waals surface area (Å²) >= 11 is 0. The van der Waals surface area contributed by atoms with Gasteiger partial charge in [0, 0.05) is 13.1 Å². The van der Waals surface area contributed by atoms with Gasteiger partial charge in [0.25, 0.3) is 5.91 Å². The van der Waals surface area contributed by atoms with E-state index in [0.29, 0.717) is 11.8 Å². The van der Waals surface area contributed by atoms with Crippen LogP contribution in [-0.4, -0.2) is 28.9 Å². The second-order valence-electron chi connectivity index (χ2n) is 5.68. The number of nitrogens with two attached hydrogens (primary N) is 1. The lowest BCUT2D eigenvalue weighted by Crippen LogP contribution is -2.35. The standard InChI is InChI=1S/C14H18FN3O/c15-11-5-12(13(16)17-6-11)14(19)18(7-9-1-2-9)8-10-3-4-10/h5-6,9-10H,1-4,7-8H2,(H2,16,17). The zero-order chi connectivity index (χ0) is 13.4. The summed E-state index contributed by atoms with van der Waals surface area (Å²) in [5, 5.41) is 0. The number of pyridine rings is 1. The van der Waals surface area contributed by atoms with Crippen LogP contribution in [0.25, 0.3) is 0 Å². The first-order valence-corrected chi connectivity index (χ1v) is 6.84. The van der Waals surface area contributed by atoms with Crippen molar-refractivity contribution < 1.29 is 9.18 Å². The van der Waals surface area contributed by atoms with Crippen LogP contribution in [0.15, 0.2) is 12.3 Å². The number of carbonyl (C=O) groups is 1. The second kappa shape index (κ2) is 4.79. The van der Waals surface area contributed by atoms with Crippen LogP contribution in [0.3, 0.4) is 0 Å². The van der Waals surface area contributed by atoms with Crippen LogP contribution in [0.2, 0.25) is 0 Å². The van der Waals surface area contributed by atoms with Crippen molar-refractivity contribution in [3.63, 3.8) is 0 Å². The molecule has 2 fully saturated rings. The van der Waals surface area contributed by atoms with Crippen molar-refractivity contribution in [1.29, 1.82) is 0 Å². The summed E-state index contributed by atoms with van der Waals surface area (Å²) in [6, 6.07) is 1.19. The topological polar surface area (TPSA) is 59.2 Å². The van der Waals surface area contributed by atoms with Crippen LogP contribution >= 0.6 is 0 Å². The van der Waals surface area contributed by atoms with Gasteiger partial charge in [0.15, 0.2) is 0 Å². The highest BCUT2D eigenvalue weighted by Gasteiger charge is 2.32. The maximum absolute atomic E-state index is 13.2. The predicted molar refractivity (Wildman–Crippen MR) is 70.0 cm³/mol. The molecule has 2 aliphatic carbocycles. The molecule has 3 rings (SSSR count). The highest BCUT2D eigenvalue weighted by molar-refractivity contribution is 5.98. The van der Waals surface area contributed by atoms with Crippen LogP contribution in [-0.2, 0) is 0 Å². The third kappa shape index (κ3) is 3.03. The van der Waals surface area contributed by atoms with Gasteiger partial charge in [-0.25, -0.2) is 9.37 Å². The number of amides is 1. The molecule has 0 spiro atoms. The molecule has 0 bridgehead atoms. The van der Waals surface area contributed by atoms with Gasteiger partial charge in [0.05, 0.1) is 11.8 Å². The molecule has 19 heavy (non-hydrogen) atoms. The number of hydrogen-bond acceptors (Lipinski definition) is 3. The maximum Gasteiger partial charge on any atom is 0.257 e. The smallest absolute Gasteiger partial charge is 0.257 e. The SMILES string of the molecule is Nc1ncc(F)cc1C(=O)N(CC1CC1)CC1CC1. The van der Waals surface area contributed by atoms with Crippen LogP contribution in [0.4, 0.5) is 10.2 Å². The summed E-state index contributed by atoms with van der Waals surface area (Å²) in [4.78, 5) is 18.0. The molecule has 0 saturated heterocycles. The number of halogens is 1. The lowest BCUT2D eigenvalue weighted by Gasteiger charge is -2.23.